The van der Waals surface area contributed by atoms with E-state index in [4.69, 9.17) is 0 Å². The summed E-state index contributed by atoms with van der Waals surface area (Å²) < 4.78 is 29.0. The zero-order valence-electron chi connectivity index (χ0n) is 13.5. The number of likely N-dealkylation sites (tertiary alicyclic amines) is 1. The summed E-state index contributed by atoms with van der Waals surface area (Å²) in [5.41, 5.74) is 2.42. The number of aryl methyl sites for hydroxylation is 3. The van der Waals surface area contributed by atoms with Gasteiger partial charge in [0.25, 0.3) is 5.91 Å². The third-order valence-electron chi connectivity index (χ3n) is 4.38. The number of carbonyl (C=O) groups is 1. The SMILES string of the molecule is Cc1cc(C)n([C@@H]2CCN(C(=O)c3ccc(C)n3C(F)F)C2)n1. The molecule has 3 heterocycles. The normalized spacial score (nSPS) is 18.2. The van der Waals surface area contributed by atoms with Gasteiger partial charge in [0.1, 0.15) is 5.69 Å². The topological polar surface area (TPSA) is 43.1 Å². The number of alkyl halides is 2. The van der Waals surface area contributed by atoms with Gasteiger partial charge in [0.15, 0.2) is 0 Å². The Labute approximate surface area is 133 Å². The van der Waals surface area contributed by atoms with Gasteiger partial charge in [-0.15, -0.1) is 0 Å². The summed E-state index contributed by atoms with van der Waals surface area (Å²) in [6.45, 7) is 3.82. The molecule has 0 radical (unpaired) electrons. The number of hydrogen-bond donors (Lipinski definition) is 0. The van der Waals surface area contributed by atoms with Crippen LogP contribution in [0.5, 0.6) is 0 Å². The van der Waals surface area contributed by atoms with Crippen molar-refractivity contribution in [3.8, 4) is 0 Å². The summed E-state index contributed by atoms with van der Waals surface area (Å²) in [4.78, 5) is 14.2. The molecule has 1 aliphatic heterocycles. The maximum atomic E-state index is 13.1. The summed E-state index contributed by atoms with van der Waals surface area (Å²) in [6, 6.07) is 5.12. The van der Waals surface area contributed by atoms with Crippen LogP contribution in [0.1, 0.15) is 46.6 Å². The Morgan fingerprint density at radius 2 is 2.00 bits per heavy atom. The molecule has 0 aromatic carbocycles. The minimum Gasteiger partial charge on any atom is -0.335 e. The standard InChI is InChI=1S/C16H20F2N4O/c1-10-8-12(3)22(19-10)13-6-7-20(9-13)15(23)14-5-4-11(2)21(14)16(17)18/h4-5,8,13,16H,6-7,9H2,1-3H3/t13-/m1/s1. The average Bonchev–Trinajstić information content (AvgIpc) is 3.16. The lowest BCUT2D eigenvalue weighted by Gasteiger charge is -2.19. The van der Waals surface area contributed by atoms with E-state index in [1.54, 1.807) is 17.9 Å². The van der Waals surface area contributed by atoms with Gasteiger partial charge in [-0.05, 0) is 45.4 Å². The van der Waals surface area contributed by atoms with Crippen LogP contribution in [-0.4, -0.2) is 38.2 Å². The van der Waals surface area contributed by atoms with Crippen molar-refractivity contribution in [1.82, 2.24) is 19.2 Å². The third-order valence-corrected chi connectivity index (χ3v) is 4.38. The molecule has 7 heteroatoms. The fraction of sp³-hybridized carbons (Fsp3) is 0.500. The van der Waals surface area contributed by atoms with Crippen LogP contribution in [0.4, 0.5) is 8.78 Å². The average molecular weight is 322 g/mol. The van der Waals surface area contributed by atoms with Gasteiger partial charge in [-0.25, -0.2) is 0 Å². The van der Waals surface area contributed by atoms with Gasteiger partial charge in [0.2, 0.25) is 0 Å². The van der Waals surface area contributed by atoms with E-state index in [1.165, 1.54) is 6.07 Å². The molecule has 2 aromatic heterocycles. The summed E-state index contributed by atoms with van der Waals surface area (Å²) in [7, 11) is 0. The highest BCUT2D eigenvalue weighted by Crippen LogP contribution is 2.26. The van der Waals surface area contributed by atoms with E-state index in [0.717, 1.165) is 22.4 Å². The Kier molecular flexibility index (Phi) is 3.95. The number of hydrogen-bond acceptors (Lipinski definition) is 2. The predicted molar refractivity (Wildman–Crippen MR) is 81.7 cm³/mol. The first-order chi connectivity index (χ1) is 10.9. The number of amides is 1. The van der Waals surface area contributed by atoms with E-state index < -0.39 is 6.55 Å². The van der Waals surface area contributed by atoms with Gasteiger partial charge in [-0.2, -0.15) is 13.9 Å². The van der Waals surface area contributed by atoms with E-state index in [1.807, 2.05) is 24.6 Å². The quantitative estimate of drug-likeness (QED) is 0.871. The molecular formula is C16H20F2N4O. The number of rotatable bonds is 3. The molecule has 1 amide bonds. The van der Waals surface area contributed by atoms with Gasteiger partial charge in [-0.1, -0.05) is 0 Å². The van der Waals surface area contributed by atoms with Crippen LogP contribution in [0.2, 0.25) is 0 Å². The lowest BCUT2D eigenvalue weighted by molar-refractivity contribution is 0.0565. The number of halogens is 2. The molecule has 0 spiro atoms. The first kappa shape index (κ1) is 15.7. The second-order valence-corrected chi connectivity index (χ2v) is 6.07. The van der Waals surface area contributed by atoms with Gasteiger partial charge >= 0.3 is 6.55 Å². The Morgan fingerprint density at radius 1 is 1.26 bits per heavy atom. The van der Waals surface area contributed by atoms with Gasteiger partial charge in [-0.3, -0.25) is 14.0 Å². The van der Waals surface area contributed by atoms with Crippen molar-refractivity contribution in [2.45, 2.75) is 39.8 Å². The molecule has 0 saturated carbocycles. The molecule has 2 aromatic rings. The van der Waals surface area contributed by atoms with Crippen molar-refractivity contribution in [1.29, 1.82) is 0 Å². The van der Waals surface area contributed by atoms with E-state index in [9.17, 15) is 13.6 Å². The van der Waals surface area contributed by atoms with Gasteiger partial charge in [0, 0.05) is 24.5 Å². The van der Waals surface area contributed by atoms with Gasteiger partial charge in [0.05, 0.1) is 11.7 Å². The maximum absolute atomic E-state index is 13.1. The molecule has 0 aliphatic carbocycles. The molecule has 1 saturated heterocycles. The molecule has 1 aliphatic rings. The molecule has 23 heavy (non-hydrogen) atoms. The lowest BCUT2D eigenvalue weighted by Crippen LogP contribution is -2.31. The van der Waals surface area contributed by atoms with Crippen LogP contribution in [0.3, 0.4) is 0 Å². The minimum atomic E-state index is -2.71. The molecule has 3 rings (SSSR count). The first-order valence-electron chi connectivity index (χ1n) is 7.66. The fourth-order valence-corrected chi connectivity index (χ4v) is 3.29. The number of aromatic nitrogens is 3. The van der Waals surface area contributed by atoms with Crippen LogP contribution >= 0.6 is 0 Å². The van der Waals surface area contributed by atoms with Crippen LogP contribution < -0.4 is 0 Å². The zero-order chi connectivity index (χ0) is 16.7. The molecule has 5 nitrogen and oxygen atoms in total. The van der Waals surface area contributed by atoms with Crippen molar-refractivity contribution >= 4 is 5.91 Å². The highest BCUT2D eigenvalue weighted by atomic mass is 19.3. The number of carbonyl (C=O) groups excluding carboxylic acids is 1. The largest absolute Gasteiger partial charge is 0.335 e. The Bertz CT molecular complexity index is 735. The van der Waals surface area contributed by atoms with Crippen molar-refractivity contribution < 1.29 is 13.6 Å². The summed E-state index contributed by atoms with van der Waals surface area (Å²) >= 11 is 0. The fourth-order valence-electron chi connectivity index (χ4n) is 3.29. The summed E-state index contributed by atoms with van der Waals surface area (Å²) in [5, 5.41) is 4.46. The van der Waals surface area contributed by atoms with Crippen molar-refractivity contribution in [3.05, 3.63) is 41.0 Å². The molecule has 1 fully saturated rings. The van der Waals surface area contributed by atoms with Crippen LogP contribution in [0.25, 0.3) is 0 Å². The predicted octanol–water partition coefficient (Wildman–Crippen LogP) is 3.09. The Morgan fingerprint density at radius 3 is 2.61 bits per heavy atom. The van der Waals surface area contributed by atoms with Gasteiger partial charge < -0.3 is 4.90 Å². The Hall–Kier alpha value is -2.18. The maximum Gasteiger partial charge on any atom is 0.319 e. The molecular weight excluding hydrogens is 302 g/mol. The van der Waals surface area contributed by atoms with Crippen LogP contribution in [0.15, 0.2) is 18.2 Å². The lowest BCUT2D eigenvalue weighted by atomic mass is 10.2. The van der Waals surface area contributed by atoms with Crippen LogP contribution in [-0.2, 0) is 0 Å². The highest BCUT2D eigenvalue weighted by molar-refractivity contribution is 5.93. The molecule has 0 N–H and O–H groups in total. The van der Waals surface area contributed by atoms with Crippen molar-refractivity contribution in [3.63, 3.8) is 0 Å². The summed E-state index contributed by atoms with van der Waals surface area (Å²) in [5.74, 6) is -0.345. The third kappa shape index (κ3) is 2.75. The minimum absolute atomic E-state index is 0.0477. The molecule has 0 unspecified atom stereocenters. The molecule has 1 atom stereocenters. The number of nitrogens with zero attached hydrogens (tertiary/aromatic N) is 4. The van der Waals surface area contributed by atoms with Crippen molar-refractivity contribution in [2.75, 3.05) is 13.1 Å². The molecule has 0 bridgehead atoms. The highest BCUT2D eigenvalue weighted by Gasteiger charge is 2.31. The van der Waals surface area contributed by atoms with E-state index in [0.29, 0.717) is 18.8 Å². The monoisotopic (exact) mass is 322 g/mol. The summed E-state index contributed by atoms with van der Waals surface area (Å²) in [6.07, 6.45) is 0.780. The first-order valence-corrected chi connectivity index (χ1v) is 7.66. The van der Waals surface area contributed by atoms with E-state index >= 15 is 0 Å². The Balaban J connectivity index is 1.79. The van der Waals surface area contributed by atoms with E-state index in [-0.39, 0.29) is 17.6 Å². The van der Waals surface area contributed by atoms with Crippen molar-refractivity contribution in [2.24, 2.45) is 0 Å². The molecule has 124 valence electrons. The smallest absolute Gasteiger partial charge is 0.319 e. The van der Waals surface area contributed by atoms with Crippen LogP contribution in [0, 0.1) is 20.8 Å². The zero-order valence-corrected chi connectivity index (χ0v) is 13.5. The second-order valence-electron chi connectivity index (χ2n) is 6.07. The van der Waals surface area contributed by atoms with E-state index in [2.05, 4.69) is 5.10 Å². The second kappa shape index (κ2) is 5.79.